The van der Waals surface area contributed by atoms with Crippen LogP contribution in [-0.4, -0.2) is 38.8 Å². The van der Waals surface area contributed by atoms with E-state index in [1.165, 1.54) is 12.8 Å². The quantitative estimate of drug-likeness (QED) is 0.803. The lowest BCUT2D eigenvalue weighted by atomic mass is 10.1. The lowest BCUT2D eigenvalue weighted by molar-refractivity contribution is 0.285. The molecule has 0 bridgehead atoms. The second kappa shape index (κ2) is 7.78. The molecule has 1 aliphatic heterocycles. The van der Waals surface area contributed by atoms with E-state index in [4.69, 9.17) is 4.74 Å². The number of hydrogen-bond acceptors (Lipinski definition) is 5. The fraction of sp³-hybridized carbons (Fsp3) is 0.737. The Bertz CT molecular complexity index is 800. The number of fused-ring (bicyclic) bond motifs is 1. The summed E-state index contributed by atoms with van der Waals surface area (Å²) in [6.07, 6.45) is 10.3. The summed E-state index contributed by atoms with van der Waals surface area (Å²) < 4.78 is 9.59. The highest BCUT2D eigenvalue weighted by Crippen LogP contribution is 2.32. The molecule has 2 aromatic heterocycles. The summed E-state index contributed by atoms with van der Waals surface area (Å²) in [6, 6.07) is 0.868. The first-order valence-electron chi connectivity index (χ1n) is 10.1. The third-order valence-corrected chi connectivity index (χ3v) is 5.72. The highest BCUT2D eigenvalue weighted by molar-refractivity contribution is 5.71. The van der Waals surface area contributed by atoms with Crippen molar-refractivity contribution in [3.8, 4) is 6.01 Å². The number of piperidine rings is 1. The van der Waals surface area contributed by atoms with Crippen LogP contribution >= 0.6 is 0 Å². The molecular weight excluding hydrogens is 330 g/mol. The average molecular weight is 359 g/mol. The molecule has 2 aromatic rings. The van der Waals surface area contributed by atoms with E-state index >= 15 is 0 Å². The van der Waals surface area contributed by atoms with E-state index in [-0.39, 0.29) is 17.8 Å². The maximum atomic E-state index is 13.3. The van der Waals surface area contributed by atoms with Gasteiger partial charge in [0.05, 0.1) is 12.8 Å². The molecule has 0 aromatic carbocycles. The predicted molar refractivity (Wildman–Crippen MR) is 101 cm³/mol. The van der Waals surface area contributed by atoms with Gasteiger partial charge in [-0.15, -0.1) is 0 Å². The van der Waals surface area contributed by atoms with Gasteiger partial charge in [-0.2, -0.15) is 4.98 Å². The number of aromatic nitrogens is 4. The Morgan fingerprint density at radius 1 is 1.15 bits per heavy atom. The summed E-state index contributed by atoms with van der Waals surface area (Å²) in [7, 11) is 0. The van der Waals surface area contributed by atoms with Crippen molar-refractivity contribution in [1.82, 2.24) is 24.4 Å². The monoisotopic (exact) mass is 359 g/mol. The molecule has 0 amide bonds. The number of nitrogens with zero attached hydrogens (tertiary/aromatic N) is 4. The Hall–Kier alpha value is -1.89. The van der Waals surface area contributed by atoms with Gasteiger partial charge in [-0.25, -0.2) is 9.78 Å². The van der Waals surface area contributed by atoms with Crippen molar-refractivity contribution in [3.05, 3.63) is 16.7 Å². The number of rotatable bonds is 6. The van der Waals surface area contributed by atoms with Crippen molar-refractivity contribution in [2.75, 3.05) is 19.7 Å². The van der Waals surface area contributed by atoms with Crippen LogP contribution in [0.1, 0.15) is 70.4 Å². The third kappa shape index (κ3) is 3.24. The first kappa shape index (κ1) is 17.5. The molecule has 1 N–H and O–H groups in total. The molecule has 7 nitrogen and oxygen atoms in total. The predicted octanol–water partition coefficient (Wildman–Crippen LogP) is 2.81. The van der Waals surface area contributed by atoms with Crippen LogP contribution in [0.15, 0.2) is 11.0 Å². The van der Waals surface area contributed by atoms with Crippen molar-refractivity contribution in [3.63, 3.8) is 0 Å². The van der Waals surface area contributed by atoms with Crippen LogP contribution in [0.5, 0.6) is 6.01 Å². The summed E-state index contributed by atoms with van der Waals surface area (Å²) in [5.41, 5.74) is 1.69. The Balaban J connectivity index is 1.78. The van der Waals surface area contributed by atoms with E-state index in [1.807, 2.05) is 9.13 Å². The Morgan fingerprint density at radius 3 is 2.62 bits per heavy atom. The maximum Gasteiger partial charge on any atom is 0.330 e. The lowest BCUT2D eigenvalue weighted by Crippen LogP contribution is -2.35. The zero-order valence-electron chi connectivity index (χ0n) is 15.6. The summed E-state index contributed by atoms with van der Waals surface area (Å²) in [5.74, 6) is 0. The van der Waals surface area contributed by atoms with Gasteiger partial charge in [0.2, 0.25) is 0 Å². The van der Waals surface area contributed by atoms with E-state index in [1.54, 1.807) is 6.20 Å². The highest BCUT2D eigenvalue weighted by Gasteiger charge is 2.28. The summed E-state index contributed by atoms with van der Waals surface area (Å²) in [5, 5.41) is 3.38. The van der Waals surface area contributed by atoms with E-state index < -0.39 is 0 Å². The van der Waals surface area contributed by atoms with Gasteiger partial charge >= 0.3 is 11.7 Å². The molecule has 7 heteroatoms. The zero-order valence-corrected chi connectivity index (χ0v) is 15.6. The Kier molecular flexibility index (Phi) is 5.24. The van der Waals surface area contributed by atoms with Crippen LogP contribution in [0, 0.1) is 0 Å². The van der Waals surface area contributed by atoms with Crippen molar-refractivity contribution in [2.24, 2.45) is 0 Å². The van der Waals surface area contributed by atoms with Crippen LogP contribution in [0.2, 0.25) is 0 Å². The molecular formula is C19H29N5O2. The van der Waals surface area contributed by atoms with Crippen LogP contribution in [0.3, 0.4) is 0 Å². The minimum Gasteiger partial charge on any atom is -0.463 e. The number of nitrogens with one attached hydrogen (secondary N) is 1. The van der Waals surface area contributed by atoms with Gasteiger partial charge < -0.3 is 10.1 Å². The van der Waals surface area contributed by atoms with Crippen molar-refractivity contribution < 1.29 is 4.74 Å². The van der Waals surface area contributed by atoms with Gasteiger partial charge in [-0.3, -0.25) is 9.13 Å². The van der Waals surface area contributed by atoms with Gasteiger partial charge in [-0.05, 0) is 45.2 Å². The second-order valence-corrected chi connectivity index (χ2v) is 7.51. The molecule has 0 radical (unpaired) electrons. The zero-order chi connectivity index (χ0) is 17.9. The number of hydrogen-bond donors (Lipinski definition) is 1. The molecule has 142 valence electrons. The first-order chi connectivity index (χ1) is 12.8. The van der Waals surface area contributed by atoms with E-state index in [0.29, 0.717) is 12.6 Å². The van der Waals surface area contributed by atoms with Gasteiger partial charge in [0.25, 0.3) is 0 Å². The smallest absolute Gasteiger partial charge is 0.330 e. The SMILES string of the molecule is CCCCOc1ncc2c(n1)n(C1CCNCC1)c(=O)n2C1CCCC1. The fourth-order valence-corrected chi connectivity index (χ4v) is 4.29. The lowest BCUT2D eigenvalue weighted by Gasteiger charge is -2.23. The maximum absolute atomic E-state index is 13.3. The molecule has 0 atom stereocenters. The molecule has 4 rings (SSSR count). The average Bonchev–Trinajstić information content (AvgIpc) is 3.28. The molecule has 26 heavy (non-hydrogen) atoms. The number of imidazole rings is 1. The minimum atomic E-state index is 0.0822. The standard InChI is InChI=1S/C19H29N5O2/c1-2-3-12-26-18-21-13-16-17(22-18)24(15-8-10-20-11-9-15)19(25)23(16)14-6-4-5-7-14/h13-15,20H,2-12H2,1H3. The van der Waals surface area contributed by atoms with Crippen LogP contribution in [-0.2, 0) is 0 Å². The topological polar surface area (TPSA) is 74.0 Å². The van der Waals surface area contributed by atoms with Crippen molar-refractivity contribution >= 4 is 11.2 Å². The minimum absolute atomic E-state index is 0.0822. The molecule has 2 aliphatic rings. The molecule has 0 spiro atoms. The molecule has 1 saturated carbocycles. The van der Waals surface area contributed by atoms with Gasteiger partial charge in [0.1, 0.15) is 5.52 Å². The van der Waals surface area contributed by atoms with E-state index in [2.05, 4.69) is 22.2 Å². The highest BCUT2D eigenvalue weighted by atomic mass is 16.5. The molecule has 1 aliphatic carbocycles. The summed E-state index contributed by atoms with van der Waals surface area (Å²) in [6.45, 7) is 4.63. The fourth-order valence-electron chi connectivity index (χ4n) is 4.29. The number of ether oxygens (including phenoxy) is 1. The summed E-state index contributed by atoms with van der Waals surface area (Å²) >= 11 is 0. The van der Waals surface area contributed by atoms with Gasteiger partial charge in [-0.1, -0.05) is 26.2 Å². The Morgan fingerprint density at radius 2 is 1.88 bits per heavy atom. The van der Waals surface area contributed by atoms with Crippen LogP contribution < -0.4 is 15.7 Å². The van der Waals surface area contributed by atoms with Crippen molar-refractivity contribution in [1.29, 1.82) is 0 Å². The normalized spacial score (nSPS) is 19.4. The molecule has 2 fully saturated rings. The van der Waals surface area contributed by atoms with Crippen LogP contribution in [0.4, 0.5) is 0 Å². The largest absolute Gasteiger partial charge is 0.463 e. The van der Waals surface area contributed by atoms with Gasteiger partial charge in [0.15, 0.2) is 5.65 Å². The second-order valence-electron chi connectivity index (χ2n) is 7.51. The van der Waals surface area contributed by atoms with E-state index in [9.17, 15) is 4.79 Å². The Labute approximate surface area is 153 Å². The van der Waals surface area contributed by atoms with Crippen LogP contribution in [0.25, 0.3) is 11.2 Å². The van der Waals surface area contributed by atoms with Gasteiger partial charge in [0, 0.05) is 12.1 Å². The van der Waals surface area contributed by atoms with E-state index in [0.717, 1.165) is 62.8 Å². The molecule has 1 saturated heterocycles. The first-order valence-corrected chi connectivity index (χ1v) is 10.1. The van der Waals surface area contributed by atoms with Crippen molar-refractivity contribution in [2.45, 2.75) is 70.4 Å². The summed E-state index contributed by atoms with van der Waals surface area (Å²) in [4.78, 5) is 22.4. The third-order valence-electron chi connectivity index (χ3n) is 5.72. The molecule has 3 heterocycles. The number of unbranched alkanes of at least 4 members (excludes halogenated alkanes) is 1. The molecule has 0 unspecified atom stereocenters.